The van der Waals surface area contributed by atoms with E-state index in [1.807, 2.05) is 26.8 Å². The van der Waals surface area contributed by atoms with Gasteiger partial charge < -0.3 is 19.1 Å². The topological polar surface area (TPSA) is 93.0 Å². The number of pyridine rings is 1. The molecule has 30 heavy (non-hydrogen) atoms. The van der Waals surface area contributed by atoms with Crippen molar-refractivity contribution >= 4 is 27.9 Å². The zero-order chi connectivity index (χ0) is 21.0. The van der Waals surface area contributed by atoms with Gasteiger partial charge in [0.1, 0.15) is 28.6 Å². The molecule has 8 heteroatoms. The molecule has 1 aliphatic rings. The number of nitrogens with zero attached hydrogens (tertiary/aromatic N) is 5. The largest absolute Gasteiger partial charge is 0.481 e. The number of aromatic amines is 1. The first-order chi connectivity index (χ1) is 14.5. The maximum atomic E-state index is 5.68. The van der Waals surface area contributed by atoms with Gasteiger partial charge in [-0.2, -0.15) is 0 Å². The summed E-state index contributed by atoms with van der Waals surface area (Å²) in [5, 5.41) is 5.02. The molecule has 5 rings (SSSR count). The Morgan fingerprint density at radius 1 is 1.13 bits per heavy atom. The van der Waals surface area contributed by atoms with Crippen molar-refractivity contribution in [3.63, 3.8) is 0 Å². The van der Waals surface area contributed by atoms with Crippen LogP contribution in [0.4, 0.5) is 5.82 Å². The van der Waals surface area contributed by atoms with E-state index >= 15 is 0 Å². The van der Waals surface area contributed by atoms with Crippen LogP contribution < -0.4 is 9.64 Å². The molecular weight excluding hydrogens is 380 g/mol. The molecule has 0 radical (unpaired) electrons. The summed E-state index contributed by atoms with van der Waals surface area (Å²) in [7, 11) is 3.77. The number of aromatic nitrogens is 5. The van der Waals surface area contributed by atoms with Crippen molar-refractivity contribution in [2.24, 2.45) is 0 Å². The van der Waals surface area contributed by atoms with Gasteiger partial charge in [-0.05, 0) is 39.7 Å². The molecule has 0 atom stereocenters. The lowest BCUT2D eigenvalue weighted by molar-refractivity contribution is 0.392. The van der Waals surface area contributed by atoms with Crippen LogP contribution >= 0.6 is 0 Å². The molecule has 0 unspecified atom stereocenters. The molecule has 0 spiro atoms. The van der Waals surface area contributed by atoms with Gasteiger partial charge in [0.25, 0.3) is 0 Å². The highest BCUT2D eigenvalue weighted by molar-refractivity contribution is 6.10. The highest BCUT2D eigenvalue weighted by Gasteiger charge is 2.26. The number of nitrogens with one attached hydrogen (secondary N) is 1. The Balaban J connectivity index is 1.77. The summed E-state index contributed by atoms with van der Waals surface area (Å²) in [5.74, 6) is 2.94. The monoisotopic (exact) mass is 406 g/mol. The fraction of sp³-hybridized carbons (Fsp3) is 0.455. The Labute approximate surface area is 174 Å². The number of fused-ring (bicyclic) bond motifs is 3. The lowest BCUT2D eigenvalue weighted by Gasteiger charge is -2.26. The minimum atomic E-state index is 0.496. The molecular formula is C22H26N6O2. The Hall–Kier alpha value is -3.16. The van der Waals surface area contributed by atoms with E-state index < -0.39 is 0 Å². The van der Waals surface area contributed by atoms with E-state index in [9.17, 15) is 0 Å². The molecule has 1 aliphatic carbocycles. The third-order valence-electron chi connectivity index (χ3n) is 6.18. The van der Waals surface area contributed by atoms with Gasteiger partial charge in [0, 0.05) is 13.1 Å². The molecule has 0 saturated heterocycles. The molecule has 0 amide bonds. The summed E-state index contributed by atoms with van der Waals surface area (Å²) >= 11 is 0. The average Bonchev–Trinajstić information content (AvgIpc) is 3.44. The standard InChI is InChI=1S/C22H26N6O2/c1-11-17(12(2)30-27-11)15-10-16-19(26-22(15)29-5)18-20(25-16)23-13(3)24-21(18)28(4)14-8-6-7-9-14/h10,14H,6-9H2,1-5H3,(H,23,24,25). The van der Waals surface area contributed by atoms with Gasteiger partial charge in [0.05, 0.1) is 34.8 Å². The normalized spacial score (nSPS) is 14.8. The van der Waals surface area contributed by atoms with Crippen molar-refractivity contribution in [3.05, 3.63) is 23.3 Å². The number of rotatable bonds is 4. The molecule has 156 valence electrons. The van der Waals surface area contributed by atoms with Crippen LogP contribution in [0.2, 0.25) is 0 Å². The van der Waals surface area contributed by atoms with Gasteiger partial charge in [-0.25, -0.2) is 15.0 Å². The summed E-state index contributed by atoms with van der Waals surface area (Å²) < 4.78 is 11.1. The van der Waals surface area contributed by atoms with Gasteiger partial charge >= 0.3 is 0 Å². The Morgan fingerprint density at radius 2 is 1.90 bits per heavy atom. The first kappa shape index (κ1) is 18.8. The number of anilines is 1. The van der Waals surface area contributed by atoms with E-state index in [1.54, 1.807) is 7.11 Å². The predicted octanol–water partition coefficient (Wildman–Crippen LogP) is 4.47. The number of aryl methyl sites for hydroxylation is 3. The second-order valence-electron chi connectivity index (χ2n) is 8.13. The molecule has 1 fully saturated rings. The maximum absolute atomic E-state index is 5.68. The molecule has 4 aromatic rings. The summed E-state index contributed by atoms with van der Waals surface area (Å²) in [6, 6.07) is 2.54. The summed E-state index contributed by atoms with van der Waals surface area (Å²) in [4.78, 5) is 20.1. The summed E-state index contributed by atoms with van der Waals surface area (Å²) in [6.07, 6.45) is 4.92. The van der Waals surface area contributed by atoms with Crippen LogP contribution in [0.15, 0.2) is 10.6 Å². The maximum Gasteiger partial charge on any atom is 0.221 e. The molecule has 0 aliphatic heterocycles. The smallest absolute Gasteiger partial charge is 0.221 e. The second-order valence-corrected chi connectivity index (χ2v) is 8.13. The van der Waals surface area contributed by atoms with E-state index in [1.165, 1.54) is 25.7 Å². The van der Waals surface area contributed by atoms with Gasteiger partial charge in [-0.15, -0.1) is 0 Å². The van der Waals surface area contributed by atoms with Crippen LogP contribution in [0.3, 0.4) is 0 Å². The van der Waals surface area contributed by atoms with E-state index in [4.69, 9.17) is 19.2 Å². The third-order valence-corrected chi connectivity index (χ3v) is 6.18. The van der Waals surface area contributed by atoms with Gasteiger partial charge in [-0.3, -0.25) is 0 Å². The van der Waals surface area contributed by atoms with Gasteiger partial charge in [0.2, 0.25) is 5.88 Å². The van der Waals surface area contributed by atoms with Crippen molar-refractivity contribution in [3.8, 4) is 17.0 Å². The van der Waals surface area contributed by atoms with E-state index in [0.29, 0.717) is 11.9 Å². The molecule has 0 aromatic carbocycles. The Kier molecular flexibility index (Phi) is 4.38. The first-order valence-electron chi connectivity index (χ1n) is 10.4. The van der Waals surface area contributed by atoms with Crippen LogP contribution in [-0.2, 0) is 0 Å². The highest BCUT2D eigenvalue weighted by atomic mass is 16.5. The Bertz CT molecular complexity index is 1230. The molecule has 0 bridgehead atoms. The number of ether oxygens (including phenoxy) is 1. The van der Waals surface area contributed by atoms with Crippen LogP contribution in [-0.4, -0.2) is 45.3 Å². The van der Waals surface area contributed by atoms with E-state index in [-0.39, 0.29) is 0 Å². The lowest BCUT2D eigenvalue weighted by Crippen LogP contribution is -2.30. The third kappa shape index (κ3) is 2.81. The fourth-order valence-corrected chi connectivity index (χ4v) is 4.70. The van der Waals surface area contributed by atoms with Crippen molar-refractivity contribution in [2.45, 2.75) is 52.5 Å². The predicted molar refractivity (Wildman–Crippen MR) is 116 cm³/mol. The van der Waals surface area contributed by atoms with Crippen molar-refractivity contribution in [1.29, 1.82) is 0 Å². The summed E-state index contributed by atoms with van der Waals surface area (Å²) in [6.45, 7) is 5.75. The molecule has 4 aromatic heterocycles. The van der Waals surface area contributed by atoms with Crippen LogP contribution in [0.25, 0.3) is 33.2 Å². The number of hydrogen-bond donors (Lipinski definition) is 1. The number of H-pyrrole nitrogens is 1. The first-order valence-corrected chi connectivity index (χ1v) is 10.4. The van der Waals surface area contributed by atoms with Crippen molar-refractivity contribution in [2.75, 3.05) is 19.1 Å². The van der Waals surface area contributed by atoms with Crippen LogP contribution in [0, 0.1) is 20.8 Å². The Morgan fingerprint density at radius 3 is 2.57 bits per heavy atom. The average molecular weight is 406 g/mol. The minimum absolute atomic E-state index is 0.496. The molecule has 4 heterocycles. The zero-order valence-corrected chi connectivity index (χ0v) is 18.0. The quantitative estimate of drug-likeness (QED) is 0.534. The van der Waals surface area contributed by atoms with Crippen molar-refractivity contribution < 1.29 is 9.26 Å². The zero-order valence-electron chi connectivity index (χ0n) is 18.0. The highest BCUT2D eigenvalue weighted by Crippen LogP contribution is 2.39. The second kappa shape index (κ2) is 6.97. The SMILES string of the molecule is COc1nc2c(cc1-c1c(C)noc1C)[nH]c1nc(C)nc(N(C)C3CCCC3)c12. The fourth-order valence-electron chi connectivity index (χ4n) is 4.70. The number of hydrogen-bond acceptors (Lipinski definition) is 7. The van der Waals surface area contributed by atoms with E-state index in [2.05, 4.69) is 27.1 Å². The van der Waals surface area contributed by atoms with Gasteiger partial charge in [-0.1, -0.05) is 18.0 Å². The number of methoxy groups -OCH3 is 1. The molecule has 8 nitrogen and oxygen atoms in total. The minimum Gasteiger partial charge on any atom is -0.481 e. The molecule has 1 N–H and O–H groups in total. The lowest BCUT2D eigenvalue weighted by atomic mass is 10.0. The van der Waals surface area contributed by atoms with Crippen LogP contribution in [0.5, 0.6) is 5.88 Å². The summed E-state index contributed by atoms with van der Waals surface area (Å²) in [5.41, 5.74) is 5.07. The van der Waals surface area contributed by atoms with Crippen molar-refractivity contribution in [1.82, 2.24) is 25.1 Å². The van der Waals surface area contributed by atoms with Gasteiger partial charge in [0.15, 0.2) is 0 Å². The molecule has 1 saturated carbocycles. The van der Waals surface area contributed by atoms with Crippen LogP contribution in [0.1, 0.15) is 43.0 Å². The van der Waals surface area contributed by atoms with E-state index in [0.717, 1.165) is 56.3 Å².